The molecule has 0 aliphatic carbocycles. The first-order valence-corrected chi connectivity index (χ1v) is 32.5. The number of carboxylic acids is 1. The van der Waals surface area contributed by atoms with Gasteiger partial charge in [0.05, 0.1) is 12.6 Å². The summed E-state index contributed by atoms with van der Waals surface area (Å²) in [5.74, 6) is -10.6. The van der Waals surface area contributed by atoms with Crippen LogP contribution in [0.15, 0.2) is 81.7 Å². The zero-order valence-electron chi connectivity index (χ0n) is 55.1. The predicted octanol–water partition coefficient (Wildman–Crippen LogP) is -4.74. The normalized spacial score (nSPS) is 19.1. The van der Waals surface area contributed by atoms with Gasteiger partial charge in [0.2, 0.25) is 59.1 Å². The first-order chi connectivity index (χ1) is 46.2. The zero-order chi connectivity index (χ0) is 71.6. The lowest BCUT2D eigenvalue weighted by Crippen LogP contribution is -2.61. The summed E-state index contributed by atoms with van der Waals surface area (Å²) in [6.07, 6.45) is 4.28. The molecular formula is C63H99N21O13. The Kier molecular flexibility index (Phi) is 34.1. The van der Waals surface area contributed by atoms with E-state index in [-0.39, 0.29) is 127 Å². The second-order valence-corrected chi connectivity index (χ2v) is 23.8. The van der Waals surface area contributed by atoms with E-state index >= 15 is 0 Å². The number of hydrogen-bond donors (Lipinski definition) is 19. The highest BCUT2D eigenvalue weighted by Gasteiger charge is 2.41. The highest BCUT2D eigenvalue weighted by Crippen LogP contribution is 2.22. The summed E-state index contributed by atoms with van der Waals surface area (Å²) in [5.41, 5.74) is 46.7. The molecular weight excluding hydrogens is 1260 g/mol. The molecule has 0 unspecified atom stereocenters. The van der Waals surface area contributed by atoms with Gasteiger partial charge in [0, 0.05) is 32.6 Å². The molecule has 2 aromatic carbocycles. The number of amides is 10. The maximum absolute atomic E-state index is 14.8. The van der Waals surface area contributed by atoms with Crippen molar-refractivity contribution in [3.63, 3.8) is 0 Å². The lowest BCUT2D eigenvalue weighted by atomic mass is 9.96. The molecule has 1 fully saturated rings. The molecule has 10 amide bonds. The monoisotopic (exact) mass is 1360 g/mol. The van der Waals surface area contributed by atoms with Crippen molar-refractivity contribution in [1.82, 2.24) is 52.8 Å². The summed E-state index contributed by atoms with van der Waals surface area (Å²) < 4.78 is 0. The maximum Gasteiger partial charge on any atom is 0.326 e. The molecule has 2 aliphatic heterocycles. The van der Waals surface area contributed by atoms with Crippen molar-refractivity contribution in [1.29, 1.82) is 0 Å². The number of guanidine groups is 3. The van der Waals surface area contributed by atoms with Crippen LogP contribution >= 0.6 is 0 Å². The quantitative estimate of drug-likeness (QED) is 0.0132. The number of phenols is 1. The van der Waals surface area contributed by atoms with E-state index < -0.39 is 138 Å². The summed E-state index contributed by atoms with van der Waals surface area (Å²) in [6, 6.07) is 1.33. The third kappa shape index (κ3) is 28.4. The Morgan fingerprint density at radius 2 is 1.20 bits per heavy atom. The molecule has 97 heavy (non-hydrogen) atoms. The van der Waals surface area contributed by atoms with E-state index in [2.05, 4.69) is 62.8 Å². The Balaban J connectivity index is 1.68. The third-order valence-electron chi connectivity index (χ3n) is 16.2. The second kappa shape index (κ2) is 41.7. The number of nitrogens with one attached hydrogen (secondary N) is 9. The minimum absolute atomic E-state index is 0.00517. The standard InChI is InChI=1S/C63H99N21O13/c1-3-36(2)50(58(94)81-45(22-13-31-74-63(70)71)59(95)84-32-14-23-48(84)57(93)82-46(60(96)97)19-9-10-28-64)83-55(91)44(21-12-30-73-62(68)69)79-54(90)43(20-11-29-72-61(66)67)78-53(89)42-18-8-7-17-41(77-51(87)40(65)33-38-24-26-39(85)27-25-38)52(88)75-35-49(86)76-47(56(92)80-42)34-37-15-5-4-6-16-37/h4-8,15-16,24-27,36,40-48,50,85H,3,9-14,17-23,28-35,64-65H2,1-2H3,(H,75,88)(H,76,86)(H,77,87)(H,78,89)(H,79,90)(H,80,92)(H,81,94)(H,82,93)(H,83,91)(H,96,97)(H4,66,67,72)(H4,68,69,73)(H4,70,71,74)/b8-7+/t36-,40-,41+,42-,43-,44-,45-,46-,47-,48-,50-/m0/s1. The van der Waals surface area contributed by atoms with Crippen molar-refractivity contribution >= 4 is 82.9 Å². The van der Waals surface area contributed by atoms with Crippen LogP contribution < -0.4 is 93.7 Å². The summed E-state index contributed by atoms with van der Waals surface area (Å²) in [5, 5.41) is 43.6. The molecule has 0 radical (unpaired) electrons. The molecule has 534 valence electrons. The lowest BCUT2D eigenvalue weighted by Gasteiger charge is -2.32. The molecule has 4 rings (SSSR count). The molecule has 2 aliphatic rings. The van der Waals surface area contributed by atoms with Crippen molar-refractivity contribution in [2.45, 2.75) is 177 Å². The molecule has 2 heterocycles. The van der Waals surface area contributed by atoms with Crippen LogP contribution in [-0.2, 0) is 65.6 Å². The van der Waals surface area contributed by atoms with E-state index in [9.17, 15) is 63.0 Å². The minimum atomic E-state index is -1.50. The van der Waals surface area contributed by atoms with Crippen LogP contribution in [0.3, 0.4) is 0 Å². The fraction of sp³-hybridized carbons (Fsp3) is 0.556. The Hall–Kier alpha value is -10.1. The third-order valence-corrected chi connectivity index (χ3v) is 16.2. The Morgan fingerprint density at radius 1 is 0.639 bits per heavy atom. The van der Waals surface area contributed by atoms with E-state index in [1.54, 1.807) is 56.3 Å². The molecule has 0 aromatic heterocycles. The maximum atomic E-state index is 14.8. The smallest absolute Gasteiger partial charge is 0.326 e. The van der Waals surface area contributed by atoms with Gasteiger partial charge in [-0.15, -0.1) is 0 Å². The molecule has 0 saturated carbocycles. The number of carbonyl (C=O) groups is 11. The SMILES string of the molecule is CC[C@H](C)[C@H](NC(=O)[C@H](CCCN=C(N)N)NC(=O)[C@H](CCCN=C(N)N)NC(=O)[C@@H]1C/C=C/C[C@@H](NC(=O)[C@@H](N)Cc2ccc(O)cc2)C(=O)NCC(=O)N[C@@H](Cc2ccccc2)C(=O)N1)C(=O)N[C@@H](CCCN=C(N)N)C(=O)N1CCC[C@H]1C(=O)N[C@@H](CCCCN)C(=O)O. The number of nitrogens with two attached hydrogens (primary N) is 8. The zero-order valence-corrected chi connectivity index (χ0v) is 55.1. The summed E-state index contributed by atoms with van der Waals surface area (Å²) in [6.45, 7) is 3.21. The number of aliphatic carboxylic acids is 1. The molecule has 2 aromatic rings. The highest BCUT2D eigenvalue weighted by atomic mass is 16.4. The van der Waals surface area contributed by atoms with Gasteiger partial charge in [0.1, 0.15) is 60.1 Å². The molecule has 34 nitrogen and oxygen atoms in total. The van der Waals surface area contributed by atoms with E-state index in [1.165, 1.54) is 29.2 Å². The number of carbonyl (C=O) groups excluding carboxylic acids is 10. The van der Waals surface area contributed by atoms with Gasteiger partial charge in [-0.25, -0.2) is 4.79 Å². The molecule has 1 saturated heterocycles. The van der Waals surface area contributed by atoms with Crippen LogP contribution in [0, 0.1) is 5.92 Å². The number of phenolic OH excluding ortho intramolecular Hbond substituents is 1. The molecule has 11 atom stereocenters. The lowest BCUT2D eigenvalue weighted by molar-refractivity contribution is -0.145. The van der Waals surface area contributed by atoms with E-state index in [0.717, 1.165) is 0 Å². The molecule has 0 bridgehead atoms. The topological polar surface area (TPSA) is 585 Å². The van der Waals surface area contributed by atoms with E-state index in [4.69, 9.17) is 45.9 Å². The van der Waals surface area contributed by atoms with Gasteiger partial charge in [-0.05, 0) is 126 Å². The van der Waals surface area contributed by atoms with Crippen LogP contribution in [0.5, 0.6) is 5.75 Å². The van der Waals surface area contributed by atoms with Crippen molar-refractivity contribution in [3.05, 3.63) is 77.9 Å². The first-order valence-electron chi connectivity index (χ1n) is 32.5. The number of benzene rings is 2. The fourth-order valence-electron chi connectivity index (χ4n) is 10.6. The summed E-state index contributed by atoms with van der Waals surface area (Å²) >= 11 is 0. The van der Waals surface area contributed by atoms with Crippen molar-refractivity contribution in [2.75, 3.05) is 39.3 Å². The molecule has 34 heteroatoms. The number of hydrogen-bond acceptors (Lipinski definition) is 17. The van der Waals surface area contributed by atoms with Crippen LogP contribution in [0.25, 0.3) is 0 Å². The predicted molar refractivity (Wildman–Crippen MR) is 361 cm³/mol. The van der Waals surface area contributed by atoms with Gasteiger partial charge in [-0.3, -0.25) is 62.9 Å². The largest absolute Gasteiger partial charge is 0.508 e. The van der Waals surface area contributed by atoms with Crippen LogP contribution in [-0.4, -0.2) is 198 Å². The van der Waals surface area contributed by atoms with Gasteiger partial charge in [0.15, 0.2) is 17.9 Å². The number of nitrogens with zero attached hydrogens (tertiary/aromatic N) is 4. The molecule has 0 spiro atoms. The van der Waals surface area contributed by atoms with Crippen molar-refractivity contribution in [2.24, 2.45) is 66.8 Å². The first kappa shape index (κ1) is 79.3. The number of rotatable bonds is 36. The van der Waals surface area contributed by atoms with Gasteiger partial charge in [-0.1, -0.05) is 74.9 Å². The number of aromatic hydroxyl groups is 1. The van der Waals surface area contributed by atoms with Gasteiger partial charge in [0.25, 0.3) is 0 Å². The average molecular weight is 1360 g/mol. The Bertz CT molecular complexity index is 3090. The number of unbranched alkanes of at least 4 members (excludes halogenated alkanes) is 1. The van der Waals surface area contributed by atoms with Gasteiger partial charge < -0.3 is 109 Å². The number of carboxylic acid groups (broad SMARTS) is 1. The van der Waals surface area contributed by atoms with Crippen molar-refractivity contribution < 1.29 is 63.0 Å². The van der Waals surface area contributed by atoms with Gasteiger partial charge >= 0.3 is 5.97 Å². The fourth-order valence-corrected chi connectivity index (χ4v) is 10.6. The van der Waals surface area contributed by atoms with Crippen LogP contribution in [0.1, 0.15) is 115 Å². The van der Waals surface area contributed by atoms with E-state index in [0.29, 0.717) is 43.4 Å². The average Bonchev–Trinajstić information content (AvgIpc) is 1.77. The van der Waals surface area contributed by atoms with Crippen molar-refractivity contribution in [3.8, 4) is 5.75 Å². The highest BCUT2D eigenvalue weighted by molar-refractivity contribution is 5.99. The summed E-state index contributed by atoms with van der Waals surface area (Å²) in [4.78, 5) is 168. The molecule has 27 N–H and O–H groups in total. The Morgan fingerprint density at radius 3 is 1.78 bits per heavy atom. The van der Waals surface area contributed by atoms with Crippen LogP contribution in [0.2, 0.25) is 0 Å². The number of aliphatic imine (C=N–C) groups is 3. The Labute approximate surface area is 563 Å². The summed E-state index contributed by atoms with van der Waals surface area (Å²) in [7, 11) is 0. The van der Waals surface area contributed by atoms with Crippen LogP contribution in [0.4, 0.5) is 0 Å². The minimum Gasteiger partial charge on any atom is -0.508 e. The second-order valence-electron chi connectivity index (χ2n) is 23.8. The number of likely N-dealkylation sites (tertiary alicyclic amines) is 1. The van der Waals surface area contributed by atoms with Gasteiger partial charge in [-0.2, -0.15) is 0 Å². The van der Waals surface area contributed by atoms with E-state index in [1.807, 2.05) is 0 Å².